The van der Waals surface area contributed by atoms with Gasteiger partial charge in [-0.1, -0.05) is 12.1 Å². The van der Waals surface area contributed by atoms with Gasteiger partial charge in [-0.25, -0.2) is 0 Å². The van der Waals surface area contributed by atoms with Gasteiger partial charge < -0.3 is 15.5 Å². The lowest BCUT2D eigenvalue weighted by Crippen LogP contribution is -2.37. The van der Waals surface area contributed by atoms with Crippen LogP contribution in [0.2, 0.25) is 0 Å². The van der Waals surface area contributed by atoms with Crippen molar-refractivity contribution < 1.29 is 10.6 Å². The van der Waals surface area contributed by atoms with Crippen LogP contribution in [0.15, 0.2) is 18.2 Å². The van der Waals surface area contributed by atoms with E-state index in [1.807, 2.05) is 12.1 Å². The molecule has 20 heavy (non-hydrogen) atoms. The topological polar surface area (TPSA) is 83.7 Å². The number of benzene rings is 1. The molecular weight excluding hydrogens is 322 g/mol. The first-order valence-corrected chi connectivity index (χ1v) is 6.53. The van der Waals surface area contributed by atoms with Crippen LogP contribution in [0, 0.1) is 0 Å². The fourth-order valence-corrected chi connectivity index (χ4v) is 2.90. The van der Waals surface area contributed by atoms with Crippen LogP contribution in [-0.4, -0.2) is 45.3 Å². The van der Waals surface area contributed by atoms with Crippen molar-refractivity contribution in [3.8, 4) is 5.75 Å². The van der Waals surface area contributed by atoms with E-state index in [2.05, 4.69) is 29.1 Å². The van der Waals surface area contributed by atoms with E-state index in [1.165, 1.54) is 0 Å². The van der Waals surface area contributed by atoms with E-state index in [4.69, 9.17) is 0 Å². The molecule has 5 nitrogen and oxygen atoms in total. The third-order valence-electron chi connectivity index (χ3n) is 4.20. The number of piperidine rings is 1. The highest BCUT2D eigenvalue weighted by molar-refractivity contribution is 8.93. The standard InChI is InChI=1S/C14H19N3O.BrH.H2O/c1-9-8-10(6-7-17(9)2)13-11-4-3-5-12(18)14(11)16-15-13;;/h3-5,9-10,18H,6-8H2,1-2H3,(H,15,16);1H;1H2/t9-,10-;;/m0../s1. The molecule has 2 aromatic rings. The number of nitrogens with one attached hydrogen (secondary N) is 1. The van der Waals surface area contributed by atoms with Gasteiger partial charge in [-0.2, -0.15) is 5.10 Å². The number of phenolic OH excluding ortho intramolecular Hbond substituents is 1. The van der Waals surface area contributed by atoms with Crippen molar-refractivity contribution in [1.29, 1.82) is 0 Å². The van der Waals surface area contributed by atoms with Gasteiger partial charge in [-0.05, 0) is 39.4 Å². The van der Waals surface area contributed by atoms with Crippen molar-refractivity contribution in [2.75, 3.05) is 13.6 Å². The third-order valence-corrected chi connectivity index (χ3v) is 4.20. The first-order valence-electron chi connectivity index (χ1n) is 6.53. The summed E-state index contributed by atoms with van der Waals surface area (Å²) in [7, 11) is 2.18. The Morgan fingerprint density at radius 3 is 2.85 bits per heavy atom. The summed E-state index contributed by atoms with van der Waals surface area (Å²) in [6.07, 6.45) is 2.27. The predicted molar refractivity (Wildman–Crippen MR) is 85.8 cm³/mol. The summed E-state index contributed by atoms with van der Waals surface area (Å²) in [5, 5.41) is 18.3. The van der Waals surface area contributed by atoms with Gasteiger partial charge in [0.2, 0.25) is 0 Å². The number of halogens is 1. The summed E-state index contributed by atoms with van der Waals surface area (Å²) in [5.41, 5.74) is 1.87. The number of aromatic nitrogens is 2. The lowest BCUT2D eigenvalue weighted by molar-refractivity contribution is 0.181. The minimum Gasteiger partial charge on any atom is -0.506 e. The molecular formula is C14H22BrN3O2. The van der Waals surface area contributed by atoms with Gasteiger partial charge in [0.05, 0.1) is 5.69 Å². The van der Waals surface area contributed by atoms with Crippen molar-refractivity contribution >= 4 is 27.9 Å². The Labute approximate surface area is 129 Å². The molecule has 1 fully saturated rings. The van der Waals surface area contributed by atoms with E-state index in [9.17, 15) is 5.11 Å². The number of para-hydroxylation sites is 1. The highest BCUT2D eigenvalue weighted by Gasteiger charge is 2.27. The number of aromatic hydroxyl groups is 1. The first kappa shape index (κ1) is 16.9. The van der Waals surface area contributed by atoms with Crippen LogP contribution in [0.25, 0.3) is 10.9 Å². The van der Waals surface area contributed by atoms with Gasteiger partial charge in [0.15, 0.2) is 0 Å². The zero-order valence-electron chi connectivity index (χ0n) is 11.8. The lowest BCUT2D eigenvalue weighted by atomic mass is 9.88. The number of aromatic amines is 1. The lowest BCUT2D eigenvalue weighted by Gasteiger charge is -2.34. The summed E-state index contributed by atoms with van der Waals surface area (Å²) < 4.78 is 0. The van der Waals surface area contributed by atoms with E-state index in [0.717, 1.165) is 36.0 Å². The Hall–Kier alpha value is -1.11. The van der Waals surface area contributed by atoms with Gasteiger partial charge in [0, 0.05) is 17.3 Å². The van der Waals surface area contributed by atoms with Crippen LogP contribution in [-0.2, 0) is 0 Å². The molecule has 4 N–H and O–H groups in total. The molecule has 1 aromatic heterocycles. The molecule has 0 spiro atoms. The van der Waals surface area contributed by atoms with Crippen LogP contribution in [0.5, 0.6) is 5.75 Å². The number of phenols is 1. The normalized spacial score (nSPS) is 23.1. The van der Waals surface area contributed by atoms with Gasteiger partial charge in [0.1, 0.15) is 11.3 Å². The van der Waals surface area contributed by atoms with Gasteiger partial charge in [0.25, 0.3) is 0 Å². The maximum Gasteiger partial charge on any atom is 0.141 e. The van der Waals surface area contributed by atoms with Crippen LogP contribution in [0.1, 0.15) is 31.4 Å². The minimum absolute atomic E-state index is 0. The van der Waals surface area contributed by atoms with E-state index >= 15 is 0 Å². The molecule has 0 saturated carbocycles. The average molecular weight is 344 g/mol. The van der Waals surface area contributed by atoms with Crippen LogP contribution < -0.4 is 0 Å². The Morgan fingerprint density at radius 2 is 2.15 bits per heavy atom. The summed E-state index contributed by atoms with van der Waals surface area (Å²) in [4.78, 5) is 2.39. The molecule has 3 rings (SSSR count). The third kappa shape index (κ3) is 2.82. The predicted octanol–water partition coefficient (Wildman–Crippen LogP) is 2.22. The fourth-order valence-electron chi connectivity index (χ4n) is 2.90. The molecule has 2 heterocycles. The molecule has 1 aliphatic rings. The monoisotopic (exact) mass is 343 g/mol. The maximum absolute atomic E-state index is 9.80. The van der Waals surface area contributed by atoms with Crippen LogP contribution in [0.4, 0.5) is 0 Å². The Bertz CT molecular complexity index is 573. The molecule has 0 unspecified atom stereocenters. The second-order valence-corrected chi connectivity index (χ2v) is 5.36. The van der Waals surface area contributed by atoms with Crippen molar-refractivity contribution in [2.45, 2.75) is 31.7 Å². The number of fused-ring (bicyclic) bond motifs is 1. The number of hydrogen-bond donors (Lipinski definition) is 2. The second kappa shape index (κ2) is 6.56. The molecule has 0 bridgehead atoms. The van der Waals surface area contributed by atoms with Crippen LogP contribution >= 0.6 is 17.0 Å². The molecule has 0 aliphatic carbocycles. The summed E-state index contributed by atoms with van der Waals surface area (Å²) >= 11 is 0. The minimum atomic E-state index is 0. The van der Waals surface area contributed by atoms with E-state index < -0.39 is 0 Å². The molecule has 112 valence electrons. The van der Waals surface area contributed by atoms with E-state index in [1.54, 1.807) is 6.07 Å². The largest absolute Gasteiger partial charge is 0.506 e. The average Bonchev–Trinajstić information content (AvgIpc) is 2.78. The molecule has 1 aliphatic heterocycles. The number of likely N-dealkylation sites (tertiary alicyclic amines) is 1. The van der Waals surface area contributed by atoms with Crippen molar-refractivity contribution in [3.63, 3.8) is 0 Å². The van der Waals surface area contributed by atoms with Crippen LogP contribution in [0.3, 0.4) is 0 Å². The summed E-state index contributed by atoms with van der Waals surface area (Å²) in [6.45, 7) is 3.37. The molecule has 0 radical (unpaired) electrons. The zero-order valence-corrected chi connectivity index (χ0v) is 13.5. The van der Waals surface area contributed by atoms with E-state index in [-0.39, 0.29) is 28.2 Å². The quantitative estimate of drug-likeness (QED) is 0.832. The van der Waals surface area contributed by atoms with Crippen molar-refractivity contribution in [1.82, 2.24) is 15.1 Å². The first-order chi connectivity index (χ1) is 8.66. The smallest absolute Gasteiger partial charge is 0.141 e. The highest BCUT2D eigenvalue weighted by atomic mass is 79.9. The van der Waals surface area contributed by atoms with E-state index in [0.29, 0.717) is 12.0 Å². The van der Waals surface area contributed by atoms with Gasteiger partial charge >= 0.3 is 0 Å². The Balaban J connectivity index is 0.000001000. The van der Waals surface area contributed by atoms with Crippen molar-refractivity contribution in [3.05, 3.63) is 23.9 Å². The van der Waals surface area contributed by atoms with Gasteiger partial charge in [-0.15, -0.1) is 17.0 Å². The van der Waals surface area contributed by atoms with Crippen molar-refractivity contribution in [2.24, 2.45) is 0 Å². The molecule has 1 aromatic carbocycles. The Morgan fingerprint density at radius 1 is 1.40 bits per heavy atom. The highest BCUT2D eigenvalue weighted by Crippen LogP contribution is 2.35. The fraction of sp³-hybridized carbons (Fsp3) is 0.500. The SMILES string of the molecule is Br.C[C@H]1C[C@@H](c2n[nH]c3c(O)cccc23)CCN1C.O. The van der Waals surface area contributed by atoms with Gasteiger partial charge in [-0.3, -0.25) is 5.10 Å². The number of rotatable bonds is 1. The maximum atomic E-state index is 9.80. The Kier molecular flexibility index (Phi) is 5.56. The second-order valence-electron chi connectivity index (χ2n) is 5.36. The number of H-pyrrole nitrogens is 1. The number of hydrogen-bond acceptors (Lipinski definition) is 3. The molecule has 2 atom stereocenters. The summed E-state index contributed by atoms with van der Waals surface area (Å²) in [5.74, 6) is 0.777. The molecule has 0 amide bonds. The summed E-state index contributed by atoms with van der Waals surface area (Å²) in [6, 6.07) is 6.21. The number of nitrogens with zero attached hydrogens (tertiary/aromatic N) is 2. The molecule has 1 saturated heterocycles. The zero-order chi connectivity index (χ0) is 12.7. The molecule has 6 heteroatoms.